The molecule has 0 atom stereocenters. The van der Waals surface area contributed by atoms with Crippen LogP contribution in [-0.4, -0.2) is 27.6 Å². The number of amides is 1. The summed E-state index contributed by atoms with van der Waals surface area (Å²) >= 11 is 0. The van der Waals surface area contributed by atoms with Crippen molar-refractivity contribution < 1.29 is 9.53 Å². The molecule has 0 fully saturated rings. The van der Waals surface area contributed by atoms with Crippen molar-refractivity contribution in [2.24, 2.45) is 0 Å². The molecule has 25 heavy (non-hydrogen) atoms. The summed E-state index contributed by atoms with van der Waals surface area (Å²) in [6, 6.07) is 7.62. The van der Waals surface area contributed by atoms with Crippen molar-refractivity contribution in [2.45, 2.75) is 20.8 Å². The van der Waals surface area contributed by atoms with Crippen LogP contribution < -0.4 is 10.1 Å². The second-order valence-corrected chi connectivity index (χ2v) is 5.80. The summed E-state index contributed by atoms with van der Waals surface area (Å²) < 4.78 is 7.22. The van der Waals surface area contributed by atoms with E-state index in [1.54, 1.807) is 25.8 Å². The molecule has 3 aromatic rings. The summed E-state index contributed by atoms with van der Waals surface area (Å²) in [4.78, 5) is 20.8. The van der Waals surface area contributed by atoms with Gasteiger partial charge in [-0.1, -0.05) is 0 Å². The van der Waals surface area contributed by atoms with E-state index in [0.717, 1.165) is 22.6 Å². The Hall–Kier alpha value is -3.15. The number of hydrogen-bond donors (Lipinski definition) is 1. The lowest BCUT2D eigenvalue weighted by Crippen LogP contribution is -2.14. The van der Waals surface area contributed by atoms with Gasteiger partial charge in [0.2, 0.25) is 0 Å². The molecule has 0 saturated heterocycles. The summed E-state index contributed by atoms with van der Waals surface area (Å²) in [5.74, 6) is 0.375. The van der Waals surface area contributed by atoms with Gasteiger partial charge in [-0.05, 0) is 45.0 Å². The molecule has 1 N–H and O–H groups in total. The topological polar surface area (TPSA) is 69.0 Å². The summed E-state index contributed by atoms with van der Waals surface area (Å²) in [6.45, 7) is 5.84. The van der Waals surface area contributed by atoms with Crippen LogP contribution in [0.15, 0.2) is 43.0 Å². The fourth-order valence-corrected chi connectivity index (χ4v) is 2.60. The smallest absolute Gasteiger partial charge is 0.257 e. The molecule has 2 aromatic heterocycles. The largest absolute Gasteiger partial charge is 0.495 e. The Kier molecular flexibility index (Phi) is 4.52. The Balaban J connectivity index is 1.80. The zero-order chi connectivity index (χ0) is 18.0. The lowest BCUT2D eigenvalue weighted by Gasteiger charge is -2.11. The minimum absolute atomic E-state index is 0.216. The number of benzene rings is 1. The molecule has 3 rings (SSSR count). The van der Waals surface area contributed by atoms with Gasteiger partial charge in [-0.3, -0.25) is 9.78 Å². The fourth-order valence-electron chi connectivity index (χ4n) is 2.60. The van der Waals surface area contributed by atoms with E-state index in [-0.39, 0.29) is 5.91 Å². The molecule has 2 heterocycles. The average Bonchev–Trinajstić information content (AvgIpc) is 2.95. The maximum Gasteiger partial charge on any atom is 0.257 e. The van der Waals surface area contributed by atoms with Crippen LogP contribution in [-0.2, 0) is 0 Å². The normalized spacial score (nSPS) is 10.6. The maximum absolute atomic E-state index is 12.5. The molecule has 0 bridgehead atoms. The number of pyridine rings is 1. The van der Waals surface area contributed by atoms with E-state index in [1.165, 1.54) is 0 Å². The number of ether oxygens (including phenoxy) is 1. The van der Waals surface area contributed by atoms with Crippen molar-refractivity contribution in [2.75, 3.05) is 12.4 Å². The van der Waals surface area contributed by atoms with E-state index >= 15 is 0 Å². The molecule has 0 aliphatic heterocycles. The van der Waals surface area contributed by atoms with Gasteiger partial charge in [0.1, 0.15) is 5.75 Å². The Morgan fingerprint density at radius 3 is 2.44 bits per heavy atom. The van der Waals surface area contributed by atoms with Crippen LogP contribution in [0.5, 0.6) is 5.75 Å². The first-order chi connectivity index (χ1) is 12.0. The predicted molar refractivity (Wildman–Crippen MR) is 96.5 cm³/mol. The van der Waals surface area contributed by atoms with E-state index in [9.17, 15) is 4.79 Å². The first kappa shape index (κ1) is 16.7. The van der Waals surface area contributed by atoms with E-state index < -0.39 is 0 Å². The van der Waals surface area contributed by atoms with Crippen LogP contribution in [0.25, 0.3) is 5.69 Å². The molecule has 0 radical (unpaired) electrons. The Bertz CT molecular complexity index is 914. The molecular formula is C19H20N4O2. The number of rotatable bonds is 4. The number of methoxy groups -OCH3 is 1. The van der Waals surface area contributed by atoms with Crippen molar-refractivity contribution in [3.63, 3.8) is 0 Å². The number of aryl methyl sites for hydroxylation is 1. The number of imidazole rings is 1. The van der Waals surface area contributed by atoms with E-state index in [0.29, 0.717) is 17.0 Å². The van der Waals surface area contributed by atoms with Crippen LogP contribution in [0.4, 0.5) is 5.69 Å². The third-order valence-electron chi connectivity index (χ3n) is 4.29. The number of aromatic nitrogens is 3. The van der Waals surface area contributed by atoms with Crippen LogP contribution in [0, 0.1) is 20.8 Å². The van der Waals surface area contributed by atoms with E-state index in [4.69, 9.17) is 4.74 Å². The number of nitrogens with zero attached hydrogens (tertiary/aromatic N) is 3. The second kappa shape index (κ2) is 6.76. The van der Waals surface area contributed by atoms with E-state index in [2.05, 4.69) is 15.3 Å². The van der Waals surface area contributed by atoms with Crippen LogP contribution in [0.1, 0.15) is 27.3 Å². The molecule has 0 aliphatic rings. The van der Waals surface area contributed by atoms with Crippen molar-refractivity contribution in [1.82, 2.24) is 14.5 Å². The van der Waals surface area contributed by atoms with Crippen LogP contribution >= 0.6 is 0 Å². The fraction of sp³-hybridized carbons (Fsp3) is 0.211. The maximum atomic E-state index is 12.5. The highest BCUT2D eigenvalue weighted by atomic mass is 16.5. The highest BCUT2D eigenvalue weighted by molar-refractivity contribution is 6.05. The zero-order valence-electron chi connectivity index (χ0n) is 14.7. The first-order valence-corrected chi connectivity index (χ1v) is 7.92. The third kappa shape index (κ3) is 3.24. The van der Waals surface area contributed by atoms with Gasteiger partial charge in [-0.25, -0.2) is 4.98 Å². The molecule has 0 unspecified atom stereocenters. The molecule has 6 heteroatoms. The van der Waals surface area contributed by atoms with E-state index in [1.807, 2.05) is 49.6 Å². The van der Waals surface area contributed by atoms with Gasteiger partial charge in [0.25, 0.3) is 5.91 Å². The predicted octanol–water partition coefficient (Wildman–Crippen LogP) is 3.45. The molecule has 6 nitrogen and oxygen atoms in total. The monoisotopic (exact) mass is 336 g/mol. The number of carbonyl (C=O) groups is 1. The molecule has 0 aliphatic carbocycles. The van der Waals surface area contributed by atoms with Gasteiger partial charge >= 0.3 is 0 Å². The highest BCUT2D eigenvalue weighted by Gasteiger charge is 2.13. The summed E-state index contributed by atoms with van der Waals surface area (Å²) in [7, 11) is 1.56. The molecule has 1 aromatic carbocycles. The van der Waals surface area contributed by atoms with Gasteiger partial charge in [0, 0.05) is 28.8 Å². The summed E-state index contributed by atoms with van der Waals surface area (Å²) in [5.41, 5.74) is 5.05. The molecule has 128 valence electrons. The number of anilines is 1. The van der Waals surface area contributed by atoms with Crippen LogP contribution in [0.3, 0.4) is 0 Å². The highest BCUT2D eigenvalue weighted by Crippen LogP contribution is 2.21. The van der Waals surface area contributed by atoms with Gasteiger partial charge in [0.05, 0.1) is 30.9 Å². The summed E-state index contributed by atoms with van der Waals surface area (Å²) in [5, 5.41) is 2.89. The quantitative estimate of drug-likeness (QED) is 0.792. The lowest BCUT2D eigenvalue weighted by molar-refractivity contribution is 0.102. The van der Waals surface area contributed by atoms with Crippen molar-refractivity contribution in [3.05, 3.63) is 65.5 Å². The number of nitrogens with one attached hydrogen (secondary N) is 1. The average molecular weight is 336 g/mol. The lowest BCUT2D eigenvalue weighted by atomic mass is 10.1. The summed E-state index contributed by atoms with van der Waals surface area (Å²) in [6.07, 6.45) is 4.93. The molecule has 1 amide bonds. The van der Waals surface area contributed by atoms with Gasteiger partial charge < -0.3 is 14.6 Å². The van der Waals surface area contributed by atoms with Gasteiger partial charge in [0.15, 0.2) is 0 Å². The third-order valence-corrected chi connectivity index (χ3v) is 4.29. The minimum atomic E-state index is -0.216. The second-order valence-electron chi connectivity index (χ2n) is 5.80. The zero-order valence-corrected chi connectivity index (χ0v) is 14.7. The Morgan fingerprint density at radius 2 is 1.84 bits per heavy atom. The number of hydrogen-bond acceptors (Lipinski definition) is 4. The Morgan fingerprint density at radius 1 is 1.12 bits per heavy atom. The van der Waals surface area contributed by atoms with Gasteiger partial charge in [-0.2, -0.15) is 0 Å². The first-order valence-electron chi connectivity index (χ1n) is 7.92. The minimum Gasteiger partial charge on any atom is -0.495 e. The molecular weight excluding hydrogens is 316 g/mol. The Labute approximate surface area is 146 Å². The van der Waals surface area contributed by atoms with Gasteiger partial charge in [-0.15, -0.1) is 0 Å². The van der Waals surface area contributed by atoms with Crippen LogP contribution in [0.2, 0.25) is 0 Å². The molecule has 0 spiro atoms. The standard InChI is InChI=1S/C19H20N4O2/c1-12-17(9-20-10-18(12)25-4)19(24)22-15-5-7-16(8-6-15)23-11-21-13(2)14(23)3/h5-11H,1-4H3,(H,22,24). The number of carbonyl (C=O) groups excluding carboxylic acids is 1. The van der Waals surface area contributed by atoms with Crippen molar-refractivity contribution in [3.8, 4) is 11.4 Å². The molecule has 0 saturated carbocycles. The SMILES string of the molecule is COc1cncc(C(=O)Nc2ccc(-n3cnc(C)c3C)cc2)c1C. The van der Waals surface area contributed by atoms with Crippen molar-refractivity contribution in [1.29, 1.82) is 0 Å². The van der Waals surface area contributed by atoms with Crippen molar-refractivity contribution >= 4 is 11.6 Å².